The van der Waals surface area contributed by atoms with Gasteiger partial charge < -0.3 is 19.5 Å². The minimum absolute atomic E-state index is 0.258. The van der Waals surface area contributed by atoms with Crippen LogP contribution in [0.5, 0.6) is 17.2 Å². The molecule has 0 radical (unpaired) electrons. The summed E-state index contributed by atoms with van der Waals surface area (Å²) < 4.78 is 16.2. The van der Waals surface area contributed by atoms with E-state index in [1.165, 1.54) is 19.3 Å². The first kappa shape index (κ1) is 16.0. The molecule has 0 aromatic heterocycles. The molecule has 2 rings (SSSR count). The van der Waals surface area contributed by atoms with Gasteiger partial charge in [-0.1, -0.05) is 6.92 Å². The third-order valence-electron chi connectivity index (χ3n) is 4.37. The topological polar surface area (TPSA) is 39.7 Å². The summed E-state index contributed by atoms with van der Waals surface area (Å²) in [4.78, 5) is 0. The quantitative estimate of drug-likeness (QED) is 0.870. The summed E-state index contributed by atoms with van der Waals surface area (Å²) in [5, 5.41) is 3.71. The monoisotopic (exact) mass is 293 g/mol. The maximum absolute atomic E-state index is 5.42. The largest absolute Gasteiger partial charge is 0.493 e. The molecule has 0 heterocycles. The Hall–Kier alpha value is -1.42. The molecule has 4 heteroatoms. The maximum Gasteiger partial charge on any atom is 0.203 e. The number of nitrogens with one attached hydrogen (secondary N) is 1. The fourth-order valence-corrected chi connectivity index (χ4v) is 3.16. The van der Waals surface area contributed by atoms with Crippen LogP contribution in [-0.4, -0.2) is 27.4 Å². The molecule has 0 bridgehead atoms. The fraction of sp³-hybridized carbons (Fsp3) is 0.647. The summed E-state index contributed by atoms with van der Waals surface area (Å²) in [6.45, 7) is 4.51. The molecule has 1 aromatic rings. The summed E-state index contributed by atoms with van der Waals surface area (Å²) in [6.07, 6.45) is 3.84. The average Bonchev–Trinajstić information content (AvgIpc) is 2.90. The van der Waals surface area contributed by atoms with Gasteiger partial charge in [0.05, 0.1) is 21.3 Å². The zero-order chi connectivity index (χ0) is 15.4. The molecule has 1 aliphatic rings. The molecule has 1 N–H and O–H groups in total. The van der Waals surface area contributed by atoms with E-state index >= 15 is 0 Å². The molecule has 118 valence electrons. The Morgan fingerprint density at radius 1 is 1.05 bits per heavy atom. The second-order valence-corrected chi connectivity index (χ2v) is 5.96. The van der Waals surface area contributed by atoms with Crippen LogP contribution in [0.3, 0.4) is 0 Å². The molecule has 21 heavy (non-hydrogen) atoms. The van der Waals surface area contributed by atoms with Crippen molar-refractivity contribution in [2.75, 3.05) is 21.3 Å². The molecule has 4 nitrogen and oxygen atoms in total. The first-order valence-corrected chi connectivity index (χ1v) is 7.65. The molecule has 1 saturated carbocycles. The van der Waals surface area contributed by atoms with E-state index in [0.717, 1.165) is 11.5 Å². The Labute approximate surface area is 127 Å². The Kier molecular flexibility index (Phi) is 5.34. The van der Waals surface area contributed by atoms with Gasteiger partial charge >= 0.3 is 0 Å². The molecular formula is C17H27NO3. The Balaban J connectivity index is 2.18. The van der Waals surface area contributed by atoms with E-state index < -0.39 is 0 Å². The fourth-order valence-electron chi connectivity index (χ4n) is 3.16. The maximum atomic E-state index is 5.42. The van der Waals surface area contributed by atoms with Crippen molar-refractivity contribution in [3.8, 4) is 17.2 Å². The van der Waals surface area contributed by atoms with Gasteiger partial charge in [-0.15, -0.1) is 0 Å². The van der Waals surface area contributed by atoms with Crippen LogP contribution < -0.4 is 19.5 Å². The van der Waals surface area contributed by atoms with Gasteiger partial charge in [0.15, 0.2) is 11.5 Å². The SMILES string of the molecule is COc1cc(C(C)NC2CCC(C)C2)cc(OC)c1OC. The molecule has 3 unspecified atom stereocenters. The van der Waals surface area contributed by atoms with Gasteiger partial charge in [0, 0.05) is 12.1 Å². The van der Waals surface area contributed by atoms with Gasteiger partial charge in [-0.25, -0.2) is 0 Å². The van der Waals surface area contributed by atoms with Crippen molar-refractivity contribution in [1.82, 2.24) is 5.32 Å². The van der Waals surface area contributed by atoms with Crippen LogP contribution >= 0.6 is 0 Å². The standard InChI is InChI=1S/C17H27NO3/c1-11-6-7-14(8-11)18-12(2)13-9-15(19-3)17(21-5)16(10-13)20-4/h9-12,14,18H,6-8H2,1-5H3. The third kappa shape index (κ3) is 3.62. The van der Waals surface area contributed by atoms with Crippen LogP contribution in [-0.2, 0) is 0 Å². The van der Waals surface area contributed by atoms with Crippen molar-refractivity contribution in [2.24, 2.45) is 5.92 Å². The van der Waals surface area contributed by atoms with Gasteiger partial charge in [0.2, 0.25) is 5.75 Å². The van der Waals surface area contributed by atoms with Gasteiger partial charge in [-0.05, 0) is 49.8 Å². The van der Waals surface area contributed by atoms with E-state index in [4.69, 9.17) is 14.2 Å². The van der Waals surface area contributed by atoms with Crippen molar-refractivity contribution in [3.05, 3.63) is 17.7 Å². The minimum Gasteiger partial charge on any atom is -0.493 e. The smallest absolute Gasteiger partial charge is 0.203 e. The van der Waals surface area contributed by atoms with Gasteiger partial charge in [0.1, 0.15) is 0 Å². The average molecular weight is 293 g/mol. The Morgan fingerprint density at radius 2 is 1.67 bits per heavy atom. The second-order valence-electron chi connectivity index (χ2n) is 5.96. The molecule has 1 fully saturated rings. The van der Waals surface area contributed by atoms with E-state index in [2.05, 4.69) is 19.2 Å². The lowest BCUT2D eigenvalue weighted by Gasteiger charge is -2.22. The lowest BCUT2D eigenvalue weighted by Crippen LogP contribution is -2.29. The van der Waals surface area contributed by atoms with E-state index in [-0.39, 0.29) is 6.04 Å². The first-order valence-electron chi connectivity index (χ1n) is 7.65. The molecule has 3 atom stereocenters. The number of benzene rings is 1. The van der Waals surface area contributed by atoms with Gasteiger partial charge in [-0.3, -0.25) is 0 Å². The highest BCUT2D eigenvalue weighted by atomic mass is 16.5. The van der Waals surface area contributed by atoms with Crippen LogP contribution in [0.1, 0.15) is 44.7 Å². The first-order chi connectivity index (χ1) is 10.1. The number of hydrogen-bond acceptors (Lipinski definition) is 4. The zero-order valence-electron chi connectivity index (χ0n) is 13.7. The van der Waals surface area contributed by atoms with Crippen molar-refractivity contribution >= 4 is 0 Å². The molecular weight excluding hydrogens is 266 g/mol. The number of hydrogen-bond donors (Lipinski definition) is 1. The van der Waals surface area contributed by atoms with E-state index in [9.17, 15) is 0 Å². The lowest BCUT2D eigenvalue weighted by molar-refractivity contribution is 0.322. The van der Waals surface area contributed by atoms with Crippen molar-refractivity contribution < 1.29 is 14.2 Å². The molecule has 0 spiro atoms. The minimum atomic E-state index is 0.258. The van der Waals surface area contributed by atoms with Crippen LogP contribution in [0, 0.1) is 5.92 Å². The Morgan fingerprint density at radius 3 is 2.10 bits per heavy atom. The molecule has 1 aromatic carbocycles. The number of rotatable bonds is 6. The number of methoxy groups -OCH3 is 3. The second kappa shape index (κ2) is 7.03. The van der Waals surface area contributed by atoms with E-state index in [0.29, 0.717) is 23.3 Å². The van der Waals surface area contributed by atoms with Crippen molar-refractivity contribution in [2.45, 2.75) is 45.2 Å². The molecule has 1 aliphatic carbocycles. The van der Waals surface area contributed by atoms with Crippen molar-refractivity contribution in [3.63, 3.8) is 0 Å². The summed E-state index contributed by atoms with van der Waals surface area (Å²) in [6, 6.07) is 4.91. The zero-order valence-corrected chi connectivity index (χ0v) is 13.7. The normalized spacial score (nSPS) is 22.9. The predicted molar refractivity (Wildman–Crippen MR) is 84.5 cm³/mol. The number of ether oxygens (including phenoxy) is 3. The summed E-state index contributed by atoms with van der Waals surface area (Å²) in [7, 11) is 4.93. The summed E-state index contributed by atoms with van der Waals surface area (Å²) in [5.74, 6) is 2.89. The predicted octanol–water partition coefficient (Wildman–Crippen LogP) is 3.55. The Bertz CT molecular complexity index is 450. The van der Waals surface area contributed by atoms with E-state index in [1.807, 2.05) is 12.1 Å². The highest BCUT2D eigenvalue weighted by Crippen LogP contribution is 2.40. The van der Waals surface area contributed by atoms with Gasteiger partial charge in [0.25, 0.3) is 0 Å². The molecule has 0 aliphatic heterocycles. The molecule has 0 saturated heterocycles. The highest BCUT2D eigenvalue weighted by molar-refractivity contribution is 5.54. The summed E-state index contributed by atoms with van der Waals surface area (Å²) >= 11 is 0. The van der Waals surface area contributed by atoms with Crippen LogP contribution in [0.4, 0.5) is 0 Å². The van der Waals surface area contributed by atoms with E-state index in [1.54, 1.807) is 21.3 Å². The van der Waals surface area contributed by atoms with Crippen molar-refractivity contribution in [1.29, 1.82) is 0 Å². The molecule has 0 amide bonds. The highest BCUT2D eigenvalue weighted by Gasteiger charge is 2.24. The van der Waals surface area contributed by atoms with Crippen LogP contribution in [0.15, 0.2) is 12.1 Å². The van der Waals surface area contributed by atoms with Crippen LogP contribution in [0.25, 0.3) is 0 Å². The lowest BCUT2D eigenvalue weighted by atomic mass is 10.0. The van der Waals surface area contributed by atoms with Gasteiger partial charge in [-0.2, -0.15) is 0 Å². The third-order valence-corrected chi connectivity index (χ3v) is 4.37. The van der Waals surface area contributed by atoms with Crippen LogP contribution in [0.2, 0.25) is 0 Å². The summed E-state index contributed by atoms with van der Waals surface area (Å²) in [5.41, 5.74) is 1.16.